The van der Waals surface area contributed by atoms with Gasteiger partial charge in [0.1, 0.15) is 0 Å². The molecular formula is C15H27N5. The van der Waals surface area contributed by atoms with E-state index in [1.54, 1.807) is 0 Å². The minimum absolute atomic E-state index is 0.673. The van der Waals surface area contributed by atoms with Crippen LogP contribution in [0.15, 0.2) is 0 Å². The van der Waals surface area contributed by atoms with Crippen molar-refractivity contribution < 1.29 is 0 Å². The summed E-state index contributed by atoms with van der Waals surface area (Å²) in [5.74, 6) is 1.16. The van der Waals surface area contributed by atoms with Crippen molar-refractivity contribution in [3.8, 4) is 0 Å². The minimum atomic E-state index is 0.673. The molecule has 0 saturated carbocycles. The molecule has 2 bridgehead atoms. The first kappa shape index (κ1) is 13.7. The summed E-state index contributed by atoms with van der Waals surface area (Å²) in [6, 6.07) is 1.43. The Balaban J connectivity index is 1.89. The first-order chi connectivity index (χ1) is 9.61. The summed E-state index contributed by atoms with van der Waals surface area (Å²) in [7, 11) is 2.28. The lowest BCUT2D eigenvalue weighted by Crippen LogP contribution is -2.37. The molecular weight excluding hydrogens is 250 g/mol. The highest BCUT2D eigenvalue weighted by atomic mass is 15.4. The predicted molar refractivity (Wildman–Crippen MR) is 83.1 cm³/mol. The van der Waals surface area contributed by atoms with E-state index in [9.17, 15) is 0 Å². The van der Waals surface area contributed by atoms with Gasteiger partial charge in [-0.25, -0.2) is 4.68 Å². The third-order valence-corrected chi connectivity index (χ3v) is 5.03. The van der Waals surface area contributed by atoms with Gasteiger partial charge in [0.15, 0.2) is 5.82 Å². The second-order valence-electron chi connectivity index (χ2n) is 6.33. The third-order valence-electron chi connectivity index (χ3n) is 5.03. The molecule has 3 rings (SSSR count). The number of fused-ring (bicyclic) bond motifs is 2. The van der Waals surface area contributed by atoms with E-state index in [0.29, 0.717) is 6.04 Å². The molecule has 112 valence electrons. The SMILES string of the molecule is CCCn1nc(C)c(N)c1N1CCC2CCC(C1)N2C. The fraction of sp³-hybridized carbons (Fsp3) is 0.800. The molecule has 0 spiro atoms. The third kappa shape index (κ3) is 2.18. The van der Waals surface area contributed by atoms with Crippen LogP contribution in [0.2, 0.25) is 0 Å². The number of hydrogen-bond donors (Lipinski definition) is 1. The van der Waals surface area contributed by atoms with Gasteiger partial charge in [-0.2, -0.15) is 5.10 Å². The van der Waals surface area contributed by atoms with E-state index in [4.69, 9.17) is 5.73 Å². The fourth-order valence-electron chi connectivity index (χ4n) is 3.79. The van der Waals surface area contributed by atoms with Crippen molar-refractivity contribution in [1.82, 2.24) is 14.7 Å². The van der Waals surface area contributed by atoms with Gasteiger partial charge in [0.05, 0.1) is 11.4 Å². The van der Waals surface area contributed by atoms with Crippen LogP contribution in [0.25, 0.3) is 0 Å². The van der Waals surface area contributed by atoms with Crippen molar-refractivity contribution in [3.05, 3.63) is 5.69 Å². The van der Waals surface area contributed by atoms with Gasteiger partial charge in [-0.05, 0) is 39.7 Å². The standard InChI is InChI=1S/C15H27N5/c1-4-8-20-15(14(16)11(2)17-20)19-9-7-12-5-6-13(10-19)18(12)3/h12-13H,4-10,16H2,1-3H3. The lowest BCUT2D eigenvalue weighted by atomic mass is 10.1. The molecule has 2 saturated heterocycles. The lowest BCUT2D eigenvalue weighted by Gasteiger charge is -2.28. The maximum atomic E-state index is 6.31. The molecule has 20 heavy (non-hydrogen) atoms. The predicted octanol–water partition coefficient (Wildman–Crippen LogP) is 1.86. The van der Waals surface area contributed by atoms with Crippen LogP contribution in [0, 0.1) is 6.92 Å². The van der Waals surface area contributed by atoms with Crippen LogP contribution in [0.1, 0.15) is 38.3 Å². The fourth-order valence-corrected chi connectivity index (χ4v) is 3.79. The molecule has 2 aliphatic heterocycles. The van der Waals surface area contributed by atoms with Gasteiger partial charge in [-0.3, -0.25) is 4.90 Å². The molecule has 0 aromatic carbocycles. The van der Waals surface area contributed by atoms with Gasteiger partial charge < -0.3 is 10.6 Å². The number of hydrogen-bond acceptors (Lipinski definition) is 4. The molecule has 3 heterocycles. The number of rotatable bonds is 3. The summed E-state index contributed by atoms with van der Waals surface area (Å²) in [6.45, 7) is 7.35. The van der Waals surface area contributed by atoms with E-state index in [1.165, 1.54) is 19.3 Å². The summed E-state index contributed by atoms with van der Waals surface area (Å²) in [6.07, 6.45) is 5.01. The quantitative estimate of drug-likeness (QED) is 0.916. The van der Waals surface area contributed by atoms with Crippen molar-refractivity contribution in [2.75, 3.05) is 30.8 Å². The van der Waals surface area contributed by atoms with Gasteiger partial charge in [-0.1, -0.05) is 6.92 Å². The van der Waals surface area contributed by atoms with E-state index in [0.717, 1.165) is 49.3 Å². The summed E-state index contributed by atoms with van der Waals surface area (Å²) < 4.78 is 2.11. The zero-order chi connectivity index (χ0) is 14.3. The molecule has 2 aliphatic rings. The van der Waals surface area contributed by atoms with Gasteiger partial charge in [0, 0.05) is 31.7 Å². The zero-order valence-electron chi connectivity index (χ0n) is 13.0. The molecule has 0 amide bonds. The van der Waals surface area contributed by atoms with Gasteiger partial charge in [0.25, 0.3) is 0 Å². The zero-order valence-corrected chi connectivity index (χ0v) is 13.0. The summed E-state index contributed by atoms with van der Waals surface area (Å²) in [4.78, 5) is 5.05. The van der Waals surface area contributed by atoms with E-state index >= 15 is 0 Å². The van der Waals surface area contributed by atoms with Crippen LogP contribution in [-0.2, 0) is 6.54 Å². The Labute approximate surface area is 121 Å². The van der Waals surface area contributed by atoms with E-state index < -0.39 is 0 Å². The molecule has 2 fully saturated rings. The number of anilines is 2. The van der Waals surface area contributed by atoms with Crippen molar-refractivity contribution in [3.63, 3.8) is 0 Å². The molecule has 2 atom stereocenters. The Bertz CT molecular complexity index is 481. The first-order valence-corrected chi connectivity index (χ1v) is 7.91. The average molecular weight is 277 g/mol. The van der Waals surface area contributed by atoms with Crippen LogP contribution in [0.3, 0.4) is 0 Å². The molecule has 0 aliphatic carbocycles. The molecule has 2 unspecified atom stereocenters. The van der Waals surface area contributed by atoms with E-state index in [-0.39, 0.29) is 0 Å². The molecule has 1 aromatic heterocycles. The highest BCUT2D eigenvalue weighted by Gasteiger charge is 2.36. The lowest BCUT2D eigenvalue weighted by molar-refractivity contribution is 0.254. The Hall–Kier alpha value is -1.23. The summed E-state index contributed by atoms with van der Waals surface area (Å²) in [5, 5.41) is 4.62. The Morgan fingerprint density at radius 1 is 1.25 bits per heavy atom. The second-order valence-corrected chi connectivity index (χ2v) is 6.33. The topological polar surface area (TPSA) is 50.3 Å². The highest BCUT2D eigenvalue weighted by molar-refractivity contribution is 5.66. The van der Waals surface area contributed by atoms with Crippen molar-refractivity contribution in [2.45, 2.75) is 58.2 Å². The molecule has 5 heteroatoms. The Kier molecular flexibility index (Phi) is 3.63. The van der Waals surface area contributed by atoms with Gasteiger partial charge in [0.2, 0.25) is 0 Å². The number of aromatic nitrogens is 2. The second kappa shape index (κ2) is 5.28. The molecule has 1 aromatic rings. The van der Waals surface area contributed by atoms with Crippen molar-refractivity contribution in [2.24, 2.45) is 0 Å². The first-order valence-electron chi connectivity index (χ1n) is 7.91. The van der Waals surface area contributed by atoms with Crippen LogP contribution in [0.4, 0.5) is 11.5 Å². The normalized spacial score (nSPS) is 27.1. The number of nitrogens with zero attached hydrogens (tertiary/aromatic N) is 4. The number of nitrogen functional groups attached to an aromatic ring is 1. The molecule has 0 radical (unpaired) electrons. The van der Waals surface area contributed by atoms with Gasteiger partial charge in [-0.15, -0.1) is 0 Å². The Morgan fingerprint density at radius 2 is 2.00 bits per heavy atom. The van der Waals surface area contributed by atoms with Crippen LogP contribution >= 0.6 is 0 Å². The molecule has 5 nitrogen and oxygen atoms in total. The average Bonchev–Trinajstić information content (AvgIpc) is 2.80. The van der Waals surface area contributed by atoms with Crippen molar-refractivity contribution in [1.29, 1.82) is 0 Å². The smallest absolute Gasteiger partial charge is 0.150 e. The maximum Gasteiger partial charge on any atom is 0.150 e. The maximum absolute atomic E-state index is 6.31. The largest absolute Gasteiger partial charge is 0.394 e. The van der Waals surface area contributed by atoms with Crippen LogP contribution in [0.5, 0.6) is 0 Å². The number of likely N-dealkylation sites (N-methyl/N-ethyl adjacent to an activating group) is 1. The van der Waals surface area contributed by atoms with Crippen molar-refractivity contribution >= 4 is 11.5 Å². The minimum Gasteiger partial charge on any atom is -0.394 e. The van der Waals surface area contributed by atoms with Gasteiger partial charge >= 0.3 is 0 Å². The Morgan fingerprint density at radius 3 is 2.75 bits per heavy atom. The summed E-state index contributed by atoms with van der Waals surface area (Å²) >= 11 is 0. The van der Waals surface area contributed by atoms with E-state index in [2.05, 4.69) is 33.6 Å². The summed E-state index contributed by atoms with van der Waals surface area (Å²) in [5.41, 5.74) is 8.15. The number of nitrogens with two attached hydrogens (primary N) is 1. The van der Waals surface area contributed by atoms with E-state index in [1.807, 2.05) is 6.92 Å². The van der Waals surface area contributed by atoms with Crippen LogP contribution in [-0.4, -0.2) is 46.9 Å². The monoisotopic (exact) mass is 277 g/mol. The highest BCUT2D eigenvalue weighted by Crippen LogP contribution is 2.34. The molecule has 2 N–H and O–H groups in total. The van der Waals surface area contributed by atoms with Crippen LogP contribution < -0.4 is 10.6 Å². The number of aryl methyl sites for hydroxylation is 2.